The number of ether oxygens (including phenoxy) is 1. The van der Waals surface area contributed by atoms with Gasteiger partial charge in [-0.2, -0.15) is 13.2 Å². The second-order valence-corrected chi connectivity index (χ2v) is 5.24. The Morgan fingerprint density at radius 3 is 2.33 bits per heavy atom. The number of nitrogens with one attached hydrogen (secondary N) is 1. The number of amides is 1. The Morgan fingerprint density at radius 1 is 1.15 bits per heavy atom. The van der Waals surface area contributed by atoms with Crippen LogP contribution in [0.25, 0.3) is 0 Å². The molecule has 0 unspecified atom stereocenters. The van der Waals surface area contributed by atoms with E-state index in [2.05, 4.69) is 5.32 Å². The molecule has 0 radical (unpaired) electrons. The van der Waals surface area contributed by atoms with Crippen LogP contribution in [0.3, 0.4) is 0 Å². The molecule has 2 aromatic carbocycles. The third-order valence-electron chi connectivity index (χ3n) is 3.24. The van der Waals surface area contributed by atoms with Crippen LogP contribution in [-0.2, 0) is 11.0 Å². The van der Waals surface area contributed by atoms with Gasteiger partial charge in [0.25, 0.3) is 0 Å². The summed E-state index contributed by atoms with van der Waals surface area (Å²) in [6.45, 7) is 1.20. The van der Waals surface area contributed by atoms with Crippen molar-refractivity contribution in [3.63, 3.8) is 0 Å². The molecule has 0 saturated heterocycles. The van der Waals surface area contributed by atoms with E-state index in [4.69, 9.17) is 4.74 Å². The van der Waals surface area contributed by atoms with Gasteiger partial charge >= 0.3 is 17.8 Å². The fourth-order valence-corrected chi connectivity index (χ4v) is 2.11. The fourth-order valence-electron chi connectivity index (χ4n) is 2.11. The maximum Gasteiger partial charge on any atom is 0.416 e. The van der Waals surface area contributed by atoms with Gasteiger partial charge in [-0.15, -0.1) is 0 Å². The van der Waals surface area contributed by atoms with Crippen LogP contribution in [0.2, 0.25) is 0 Å². The number of rotatable bonds is 5. The first-order valence-corrected chi connectivity index (χ1v) is 7.17. The van der Waals surface area contributed by atoms with Gasteiger partial charge in [-0.3, -0.25) is 14.9 Å². The minimum absolute atomic E-state index is 0.136. The number of alkyl halides is 3. The number of halogens is 3. The van der Waals surface area contributed by atoms with Gasteiger partial charge in [-0.25, -0.2) is 4.79 Å². The van der Waals surface area contributed by atoms with E-state index in [-0.39, 0.29) is 11.8 Å². The van der Waals surface area contributed by atoms with Crippen molar-refractivity contribution >= 4 is 23.3 Å². The van der Waals surface area contributed by atoms with Crippen LogP contribution < -0.4 is 10.1 Å². The minimum Gasteiger partial charge on any atom is -0.478 e. The Hall–Kier alpha value is -3.63. The fraction of sp³-hybridized carbons (Fsp3) is 0.125. The summed E-state index contributed by atoms with van der Waals surface area (Å²) in [5.41, 5.74) is -2.52. The number of carboxylic acid groups (broad SMARTS) is 1. The highest BCUT2D eigenvalue weighted by Gasteiger charge is 2.33. The average molecular weight is 384 g/mol. The Bertz CT molecular complexity index is 927. The molecule has 0 heterocycles. The highest BCUT2D eigenvalue weighted by Crippen LogP contribution is 2.39. The lowest BCUT2D eigenvalue weighted by Crippen LogP contribution is -2.08. The Kier molecular flexibility index (Phi) is 5.34. The van der Waals surface area contributed by atoms with Gasteiger partial charge in [-0.05, 0) is 24.3 Å². The molecule has 2 aromatic rings. The Morgan fingerprint density at radius 2 is 1.81 bits per heavy atom. The lowest BCUT2D eigenvalue weighted by molar-refractivity contribution is -0.385. The van der Waals surface area contributed by atoms with Gasteiger partial charge in [0.1, 0.15) is 11.3 Å². The van der Waals surface area contributed by atoms with Crippen molar-refractivity contribution < 1.29 is 37.5 Å². The van der Waals surface area contributed by atoms with Crippen molar-refractivity contribution in [2.24, 2.45) is 0 Å². The summed E-state index contributed by atoms with van der Waals surface area (Å²) in [5, 5.41) is 22.7. The Labute approximate surface area is 149 Å². The van der Waals surface area contributed by atoms with E-state index in [0.29, 0.717) is 6.07 Å². The largest absolute Gasteiger partial charge is 0.478 e. The van der Waals surface area contributed by atoms with Gasteiger partial charge in [0, 0.05) is 24.7 Å². The van der Waals surface area contributed by atoms with E-state index in [1.165, 1.54) is 13.0 Å². The predicted octanol–water partition coefficient (Wildman–Crippen LogP) is 4.06. The second kappa shape index (κ2) is 7.32. The third kappa shape index (κ3) is 4.71. The second-order valence-electron chi connectivity index (χ2n) is 5.24. The predicted molar refractivity (Wildman–Crippen MR) is 85.9 cm³/mol. The number of carbonyl (C=O) groups excluding carboxylic acids is 1. The van der Waals surface area contributed by atoms with Crippen molar-refractivity contribution in [2.75, 3.05) is 5.32 Å². The molecular weight excluding hydrogens is 373 g/mol. The van der Waals surface area contributed by atoms with Crippen LogP contribution >= 0.6 is 0 Å². The van der Waals surface area contributed by atoms with Crippen LogP contribution in [0.5, 0.6) is 11.5 Å². The summed E-state index contributed by atoms with van der Waals surface area (Å²) in [5.74, 6) is -2.88. The number of nitrogens with zero attached hydrogens (tertiary/aromatic N) is 1. The number of anilines is 1. The van der Waals surface area contributed by atoms with E-state index in [0.717, 1.165) is 18.2 Å². The quantitative estimate of drug-likeness (QED) is 0.593. The van der Waals surface area contributed by atoms with Crippen LogP contribution in [-0.4, -0.2) is 21.9 Å². The van der Waals surface area contributed by atoms with Crippen LogP contribution in [0, 0.1) is 10.1 Å². The topological polar surface area (TPSA) is 119 Å². The first kappa shape index (κ1) is 19.7. The molecule has 0 aromatic heterocycles. The lowest BCUT2D eigenvalue weighted by Gasteiger charge is -2.12. The van der Waals surface area contributed by atoms with Crippen molar-refractivity contribution in [2.45, 2.75) is 13.1 Å². The summed E-state index contributed by atoms with van der Waals surface area (Å²) in [7, 11) is 0. The summed E-state index contributed by atoms with van der Waals surface area (Å²) in [6.07, 6.45) is -4.80. The molecule has 11 heteroatoms. The number of aromatic carboxylic acids is 1. The first-order chi connectivity index (χ1) is 12.5. The van der Waals surface area contributed by atoms with Crippen molar-refractivity contribution in [3.8, 4) is 11.5 Å². The maximum atomic E-state index is 12.8. The lowest BCUT2D eigenvalue weighted by atomic mass is 10.1. The SMILES string of the molecule is CC(=O)Nc1ccc(C(=O)O)c(Oc2ccc(C(F)(F)F)cc2[N+](=O)[O-])c1. The molecule has 0 bridgehead atoms. The number of hydrogen-bond acceptors (Lipinski definition) is 5. The zero-order chi connectivity index (χ0) is 20.4. The molecular formula is C16H11F3N2O6. The smallest absolute Gasteiger partial charge is 0.416 e. The van der Waals surface area contributed by atoms with E-state index >= 15 is 0 Å². The molecule has 0 atom stereocenters. The molecule has 0 saturated carbocycles. The van der Waals surface area contributed by atoms with Gasteiger partial charge in [0.2, 0.25) is 11.7 Å². The molecule has 8 nitrogen and oxygen atoms in total. The first-order valence-electron chi connectivity index (χ1n) is 7.17. The minimum atomic E-state index is -4.80. The van der Waals surface area contributed by atoms with Gasteiger partial charge < -0.3 is 15.2 Å². The van der Waals surface area contributed by atoms with E-state index in [1.807, 2.05) is 0 Å². The van der Waals surface area contributed by atoms with Gasteiger partial charge in [0.15, 0.2) is 0 Å². The van der Waals surface area contributed by atoms with Crippen LogP contribution in [0.15, 0.2) is 36.4 Å². The zero-order valence-corrected chi connectivity index (χ0v) is 13.5. The summed E-state index contributed by atoms with van der Waals surface area (Å²) < 4.78 is 43.5. The molecule has 1 amide bonds. The van der Waals surface area contributed by atoms with Crippen molar-refractivity contribution in [1.29, 1.82) is 0 Å². The zero-order valence-electron chi connectivity index (χ0n) is 13.5. The number of hydrogen-bond donors (Lipinski definition) is 2. The maximum absolute atomic E-state index is 12.8. The normalized spacial score (nSPS) is 11.0. The molecule has 0 aliphatic rings. The number of carboxylic acids is 1. The number of benzene rings is 2. The highest BCUT2D eigenvalue weighted by atomic mass is 19.4. The molecule has 0 fully saturated rings. The number of carbonyl (C=O) groups is 2. The molecule has 142 valence electrons. The van der Waals surface area contributed by atoms with Crippen LogP contribution in [0.1, 0.15) is 22.8 Å². The highest BCUT2D eigenvalue weighted by molar-refractivity contribution is 5.94. The van der Waals surface area contributed by atoms with Crippen molar-refractivity contribution in [1.82, 2.24) is 0 Å². The molecule has 27 heavy (non-hydrogen) atoms. The molecule has 0 aliphatic heterocycles. The van der Waals surface area contributed by atoms with Gasteiger partial charge in [0.05, 0.1) is 10.5 Å². The average Bonchev–Trinajstić information content (AvgIpc) is 2.53. The molecule has 0 spiro atoms. The van der Waals surface area contributed by atoms with Crippen LogP contribution in [0.4, 0.5) is 24.5 Å². The van der Waals surface area contributed by atoms with Gasteiger partial charge in [-0.1, -0.05) is 0 Å². The van der Waals surface area contributed by atoms with Crippen molar-refractivity contribution in [3.05, 3.63) is 57.6 Å². The van der Waals surface area contributed by atoms with E-state index in [1.54, 1.807) is 0 Å². The monoisotopic (exact) mass is 384 g/mol. The third-order valence-corrected chi connectivity index (χ3v) is 3.24. The summed E-state index contributed by atoms with van der Waals surface area (Å²) >= 11 is 0. The molecule has 0 aliphatic carbocycles. The summed E-state index contributed by atoms with van der Waals surface area (Å²) in [6, 6.07) is 5.01. The molecule has 2 rings (SSSR count). The van der Waals surface area contributed by atoms with E-state index < -0.39 is 51.3 Å². The number of nitro groups is 1. The number of nitro benzene ring substituents is 1. The molecule has 2 N–H and O–H groups in total. The Balaban J connectivity index is 2.53. The standard InChI is InChI=1S/C16H11F3N2O6/c1-8(22)20-10-3-4-11(15(23)24)14(7-10)27-13-5-2-9(16(17,18)19)6-12(13)21(25)26/h2-7H,1H3,(H,20,22)(H,23,24). The summed E-state index contributed by atoms with van der Waals surface area (Å²) in [4.78, 5) is 32.4. The van der Waals surface area contributed by atoms with E-state index in [9.17, 15) is 38.0 Å².